The number of hydrogen-bond acceptors (Lipinski definition) is 5. The van der Waals surface area contributed by atoms with Gasteiger partial charge in [-0.25, -0.2) is 9.78 Å². The molecule has 0 aromatic carbocycles. The molecule has 4 N–H and O–H groups in total. The zero-order valence-electron chi connectivity index (χ0n) is 15.0. The highest BCUT2D eigenvalue weighted by molar-refractivity contribution is 6.05. The van der Waals surface area contributed by atoms with Crippen LogP contribution in [0.4, 0.5) is 0 Å². The van der Waals surface area contributed by atoms with Crippen LogP contribution in [0, 0.1) is 0 Å². The molecule has 2 heterocycles. The maximum atomic E-state index is 12.5. The second-order valence-corrected chi connectivity index (χ2v) is 5.85. The molecule has 26 heavy (non-hydrogen) atoms. The van der Waals surface area contributed by atoms with Crippen molar-refractivity contribution < 1.29 is 4.79 Å². The topological polar surface area (TPSA) is 123 Å². The summed E-state index contributed by atoms with van der Waals surface area (Å²) in [6.07, 6.45) is 0.641. The molecule has 0 fully saturated rings. The monoisotopic (exact) mass is 405 g/mol. The number of nitrogens with one attached hydrogen (secondary N) is 2. The Hall–Kier alpha value is -1.90. The molecule has 2 rings (SSSR count). The van der Waals surface area contributed by atoms with Crippen LogP contribution in [0.15, 0.2) is 15.7 Å². The van der Waals surface area contributed by atoms with Gasteiger partial charge in [0.1, 0.15) is 0 Å². The molecule has 146 valence electrons. The molecule has 1 amide bonds. The molecule has 0 aliphatic carbocycles. The Kier molecular flexibility index (Phi) is 9.55. The smallest absolute Gasteiger partial charge is 0.329 e. The van der Waals surface area contributed by atoms with E-state index in [0.717, 1.165) is 0 Å². The first-order chi connectivity index (χ1) is 11.4. The molecular weight excluding hydrogens is 381 g/mol. The number of amides is 1. The first-order valence-electron chi connectivity index (χ1n) is 8.06. The summed E-state index contributed by atoms with van der Waals surface area (Å²) in [4.78, 5) is 43.5. The number of halogens is 2. The second kappa shape index (κ2) is 10.3. The first-order valence-corrected chi connectivity index (χ1v) is 8.06. The molecule has 0 saturated heterocycles. The van der Waals surface area contributed by atoms with Gasteiger partial charge in [-0.1, -0.05) is 13.8 Å². The molecule has 0 aliphatic heterocycles. The Morgan fingerprint density at radius 2 is 2.00 bits per heavy atom. The van der Waals surface area contributed by atoms with Gasteiger partial charge in [-0.15, -0.1) is 24.8 Å². The molecular formula is C16H25Cl2N5O3. The molecule has 0 bridgehead atoms. The van der Waals surface area contributed by atoms with Crippen molar-refractivity contribution in [3.63, 3.8) is 0 Å². The third kappa shape index (κ3) is 4.84. The summed E-state index contributed by atoms with van der Waals surface area (Å²) in [7, 11) is 0. The zero-order chi connectivity index (χ0) is 17.9. The fraction of sp³-hybridized carbons (Fsp3) is 0.500. The fourth-order valence-electron chi connectivity index (χ4n) is 2.46. The Morgan fingerprint density at radius 3 is 2.54 bits per heavy atom. The number of aryl methyl sites for hydroxylation is 1. The van der Waals surface area contributed by atoms with E-state index >= 15 is 0 Å². The van der Waals surface area contributed by atoms with Crippen molar-refractivity contribution in [2.75, 3.05) is 13.1 Å². The van der Waals surface area contributed by atoms with Gasteiger partial charge in [-0.05, 0) is 31.9 Å². The average Bonchev–Trinajstić information content (AvgIpc) is 2.54. The summed E-state index contributed by atoms with van der Waals surface area (Å²) in [5.41, 5.74) is 5.41. The van der Waals surface area contributed by atoms with Gasteiger partial charge >= 0.3 is 5.69 Å². The normalized spacial score (nSPS) is 10.3. The third-order valence-corrected chi connectivity index (χ3v) is 3.79. The Balaban J connectivity index is 0.00000312. The highest BCUT2D eigenvalue weighted by Gasteiger charge is 2.19. The summed E-state index contributed by atoms with van der Waals surface area (Å²) in [6, 6.07) is 1.62. The molecule has 2 aromatic rings. The van der Waals surface area contributed by atoms with E-state index in [-0.39, 0.29) is 53.2 Å². The lowest BCUT2D eigenvalue weighted by molar-refractivity contribution is 0.0955. The number of hydrogen-bond donors (Lipinski definition) is 3. The van der Waals surface area contributed by atoms with Crippen LogP contribution >= 0.6 is 24.8 Å². The van der Waals surface area contributed by atoms with Crippen LogP contribution < -0.4 is 22.3 Å². The fourth-order valence-corrected chi connectivity index (χ4v) is 2.46. The van der Waals surface area contributed by atoms with Crippen LogP contribution in [0.2, 0.25) is 0 Å². The number of rotatable bonds is 6. The summed E-state index contributed by atoms with van der Waals surface area (Å²) >= 11 is 0. The van der Waals surface area contributed by atoms with Gasteiger partial charge < -0.3 is 11.1 Å². The Bertz CT molecular complexity index is 877. The summed E-state index contributed by atoms with van der Waals surface area (Å²) in [6.45, 7) is 6.88. The summed E-state index contributed by atoms with van der Waals surface area (Å²) in [5, 5.41) is 2.88. The van der Waals surface area contributed by atoms with Crippen LogP contribution in [0.5, 0.6) is 0 Å². The van der Waals surface area contributed by atoms with E-state index in [2.05, 4.69) is 15.3 Å². The van der Waals surface area contributed by atoms with Crippen molar-refractivity contribution in [1.82, 2.24) is 19.9 Å². The van der Waals surface area contributed by atoms with Crippen molar-refractivity contribution in [1.29, 1.82) is 0 Å². The number of fused-ring (bicyclic) bond motifs is 1. The number of nitrogens with zero attached hydrogens (tertiary/aromatic N) is 2. The van der Waals surface area contributed by atoms with Gasteiger partial charge in [-0.3, -0.25) is 19.1 Å². The van der Waals surface area contributed by atoms with Crippen molar-refractivity contribution >= 4 is 41.8 Å². The van der Waals surface area contributed by atoms with Gasteiger partial charge in [0, 0.05) is 18.8 Å². The van der Waals surface area contributed by atoms with E-state index in [1.54, 1.807) is 13.0 Å². The van der Waals surface area contributed by atoms with Crippen molar-refractivity contribution in [2.24, 2.45) is 5.73 Å². The minimum Gasteiger partial charge on any atom is -0.352 e. The highest BCUT2D eigenvalue weighted by atomic mass is 35.5. The minimum absolute atomic E-state index is 0. The highest BCUT2D eigenvalue weighted by Crippen LogP contribution is 2.19. The Morgan fingerprint density at radius 1 is 1.35 bits per heavy atom. The van der Waals surface area contributed by atoms with Crippen LogP contribution in [0.1, 0.15) is 49.2 Å². The maximum Gasteiger partial charge on any atom is 0.329 e. The number of aromatic amines is 1. The van der Waals surface area contributed by atoms with E-state index in [4.69, 9.17) is 5.73 Å². The predicted molar refractivity (Wildman–Crippen MR) is 107 cm³/mol. The lowest BCUT2D eigenvalue weighted by Crippen LogP contribution is -2.33. The number of carbonyl (C=O) groups excluding carboxylic acids is 1. The maximum absolute atomic E-state index is 12.5. The number of carbonyl (C=O) groups is 1. The molecule has 0 atom stereocenters. The SMILES string of the molecule is CCn1c(=O)[nH]c(=O)c2c(C(=O)NCCCN)cc(C(C)C)nc21.Cl.Cl. The molecule has 0 radical (unpaired) electrons. The van der Waals surface area contributed by atoms with Crippen molar-refractivity contribution in [3.8, 4) is 0 Å². The van der Waals surface area contributed by atoms with Gasteiger partial charge in [0.25, 0.3) is 11.5 Å². The molecule has 0 saturated carbocycles. The largest absolute Gasteiger partial charge is 0.352 e. The minimum atomic E-state index is -0.605. The quantitative estimate of drug-likeness (QED) is 0.621. The molecule has 0 aliphatic rings. The summed E-state index contributed by atoms with van der Waals surface area (Å²) < 4.78 is 1.36. The van der Waals surface area contributed by atoms with E-state index < -0.39 is 11.2 Å². The lowest BCUT2D eigenvalue weighted by Gasteiger charge is -2.14. The Labute approximate surface area is 163 Å². The van der Waals surface area contributed by atoms with Gasteiger partial charge in [0.05, 0.1) is 10.9 Å². The van der Waals surface area contributed by atoms with Crippen LogP contribution in [0.3, 0.4) is 0 Å². The van der Waals surface area contributed by atoms with E-state index in [0.29, 0.717) is 31.7 Å². The van der Waals surface area contributed by atoms with Crippen molar-refractivity contribution in [2.45, 2.75) is 39.7 Å². The third-order valence-electron chi connectivity index (χ3n) is 3.79. The number of aromatic nitrogens is 3. The molecule has 0 unspecified atom stereocenters. The first kappa shape index (κ1) is 24.1. The van der Waals surface area contributed by atoms with Crippen LogP contribution in [0.25, 0.3) is 11.0 Å². The number of nitrogens with two attached hydrogens (primary N) is 1. The lowest BCUT2D eigenvalue weighted by atomic mass is 10.0. The second-order valence-electron chi connectivity index (χ2n) is 5.85. The van der Waals surface area contributed by atoms with Gasteiger partial charge in [0.2, 0.25) is 0 Å². The predicted octanol–water partition coefficient (Wildman–Crippen LogP) is 1.15. The van der Waals surface area contributed by atoms with E-state index in [1.807, 2.05) is 13.8 Å². The van der Waals surface area contributed by atoms with E-state index in [1.165, 1.54) is 4.57 Å². The molecule has 10 heteroatoms. The standard InChI is InChI=1S/C16H23N5O3.2ClH/c1-4-21-13-12(15(23)20-16(21)24)10(8-11(19-13)9(2)3)14(22)18-7-5-6-17;;/h8-9H,4-7,17H2,1-3H3,(H,18,22)(H,20,23,24);2*1H. The molecule has 0 spiro atoms. The van der Waals surface area contributed by atoms with Crippen molar-refractivity contribution in [3.05, 3.63) is 38.2 Å². The number of pyridine rings is 1. The van der Waals surface area contributed by atoms with Gasteiger partial charge in [0.15, 0.2) is 5.65 Å². The van der Waals surface area contributed by atoms with E-state index in [9.17, 15) is 14.4 Å². The number of H-pyrrole nitrogens is 1. The average molecular weight is 406 g/mol. The van der Waals surface area contributed by atoms with Crippen LogP contribution in [-0.2, 0) is 6.54 Å². The zero-order valence-corrected chi connectivity index (χ0v) is 16.6. The molecule has 8 nitrogen and oxygen atoms in total. The van der Waals surface area contributed by atoms with Crippen LogP contribution in [-0.4, -0.2) is 33.5 Å². The van der Waals surface area contributed by atoms with Gasteiger partial charge in [-0.2, -0.15) is 0 Å². The summed E-state index contributed by atoms with van der Waals surface area (Å²) in [5.74, 6) is -0.325. The molecule has 2 aromatic heterocycles.